The summed E-state index contributed by atoms with van der Waals surface area (Å²) in [7, 11) is 0. The van der Waals surface area contributed by atoms with Gasteiger partial charge in [0.05, 0.1) is 4.92 Å². The monoisotopic (exact) mass is 289 g/mol. The Kier molecular flexibility index (Phi) is 3.90. The Hall–Kier alpha value is -2.54. The van der Waals surface area contributed by atoms with Crippen molar-refractivity contribution in [3.8, 4) is 11.5 Å². The van der Waals surface area contributed by atoms with Crippen LogP contribution in [-0.4, -0.2) is 10.8 Å². The molecule has 0 saturated heterocycles. The minimum Gasteiger partial charge on any atom is -0.450 e. The second kappa shape index (κ2) is 5.62. The molecular formula is C13H11N3O3S. The summed E-state index contributed by atoms with van der Waals surface area (Å²) < 4.78 is 5.49. The topological polar surface area (TPSA) is 102 Å². The second-order valence-corrected chi connectivity index (χ2v) is 4.40. The summed E-state index contributed by atoms with van der Waals surface area (Å²) in [5.41, 5.74) is 5.70. The molecule has 0 heterocycles. The molecular weight excluding hydrogens is 278 g/mol. The molecule has 2 rings (SSSR count). The lowest BCUT2D eigenvalue weighted by atomic mass is 10.2. The first kappa shape index (κ1) is 13.9. The summed E-state index contributed by atoms with van der Waals surface area (Å²) in [6.45, 7) is 0. The molecule has 0 aliphatic heterocycles. The zero-order valence-electron chi connectivity index (χ0n) is 10.2. The highest BCUT2D eigenvalue weighted by molar-refractivity contribution is 7.80. The quantitative estimate of drug-likeness (QED) is 0.265. The Bertz CT molecular complexity index is 688. The van der Waals surface area contributed by atoms with Gasteiger partial charge >= 0.3 is 5.69 Å². The Labute approximate surface area is 120 Å². The molecule has 0 spiro atoms. The van der Waals surface area contributed by atoms with Crippen LogP contribution < -0.4 is 10.5 Å². The number of amidine groups is 1. The van der Waals surface area contributed by atoms with Crippen LogP contribution in [0.4, 0.5) is 5.69 Å². The third-order valence-corrected chi connectivity index (χ3v) is 2.94. The number of nitrogens with zero attached hydrogens (tertiary/aromatic N) is 1. The third kappa shape index (κ3) is 2.89. The van der Waals surface area contributed by atoms with Gasteiger partial charge in [-0.05, 0) is 24.3 Å². The molecule has 102 valence electrons. The summed E-state index contributed by atoms with van der Waals surface area (Å²) in [5.74, 6) is 0.323. The molecule has 6 nitrogen and oxygen atoms in total. The Morgan fingerprint density at radius 2 is 2.00 bits per heavy atom. The number of nitro groups is 1. The summed E-state index contributed by atoms with van der Waals surface area (Å²) in [6, 6.07) is 10.8. The molecule has 7 heteroatoms. The van der Waals surface area contributed by atoms with Crippen LogP contribution in [0.3, 0.4) is 0 Å². The second-order valence-electron chi connectivity index (χ2n) is 3.92. The first-order valence-corrected chi connectivity index (χ1v) is 6.02. The van der Waals surface area contributed by atoms with Gasteiger partial charge in [0, 0.05) is 16.5 Å². The average Bonchev–Trinajstić information content (AvgIpc) is 2.41. The molecule has 0 fully saturated rings. The van der Waals surface area contributed by atoms with Gasteiger partial charge in [-0.3, -0.25) is 15.5 Å². The molecule has 0 amide bonds. The number of para-hydroxylation sites is 2. The predicted octanol–water partition coefficient (Wildman–Crippen LogP) is 2.96. The van der Waals surface area contributed by atoms with Gasteiger partial charge in [-0.1, -0.05) is 12.1 Å². The van der Waals surface area contributed by atoms with Crippen LogP contribution in [0.25, 0.3) is 0 Å². The Morgan fingerprint density at radius 1 is 1.30 bits per heavy atom. The third-order valence-electron chi connectivity index (χ3n) is 2.55. The normalized spacial score (nSPS) is 10.1. The van der Waals surface area contributed by atoms with E-state index < -0.39 is 4.92 Å². The van der Waals surface area contributed by atoms with Crippen LogP contribution in [0.15, 0.2) is 47.4 Å². The summed E-state index contributed by atoms with van der Waals surface area (Å²) in [6.07, 6.45) is 0. The molecule has 2 aromatic rings. The summed E-state index contributed by atoms with van der Waals surface area (Å²) >= 11 is 4.18. The molecule has 0 atom stereocenters. The molecule has 0 aliphatic carbocycles. The molecule has 0 unspecified atom stereocenters. The predicted molar refractivity (Wildman–Crippen MR) is 77.9 cm³/mol. The lowest BCUT2D eigenvalue weighted by Gasteiger charge is -2.09. The zero-order valence-corrected chi connectivity index (χ0v) is 11.1. The Morgan fingerprint density at radius 3 is 2.65 bits per heavy atom. The number of hydrogen-bond donors (Lipinski definition) is 3. The van der Waals surface area contributed by atoms with Crippen LogP contribution in [0.2, 0.25) is 0 Å². The van der Waals surface area contributed by atoms with Crippen molar-refractivity contribution < 1.29 is 9.66 Å². The van der Waals surface area contributed by atoms with Crippen molar-refractivity contribution in [1.82, 2.24) is 0 Å². The zero-order chi connectivity index (χ0) is 14.7. The minimum absolute atomic E-state index is 0.124. The van der Waals surface area contributed by atoms with E-state index in [9.17, 15) is 10.1 Å². The van der Waals surface area contributed by atoms with E-state index in [1.807, 2.05) is 0 Å². The van der Waals surface area contributed by atoms with Gasteiger partial charge in [0.25, 0.3) is 0 Å². The van der Waals surface area contributed by atoms with E-state index in [0.717, 1.165) is 0 Å². The average molecular weight is 289 g/mol. The van der Waals surface area contributed by atoms with Gasteiger partial charge in [0.1, 0.15) is 11.6 Å². The minimum atomic E-state index is -0.520. The summed E-state index contributed by atoms with van der Waals surface area (Å²) in [4.78, 5) is 10.9. The van der Waals surface area contributed by atoms with E-state index in [1.54, 1.807) is 24.3 Å². The lowest BCUT2D eigenvalue weighted by molar-refractivity contribution is -0.385. The fourth-order valence-corrected chi connectivity index (χ4v) is 1.88. The van der Waals surface area contributed by atoms with Crippen molar-refractivity contribution in [3.05, 3.63) is 58.1 Å². The van der Waals surface area contributed by atoms with Crippen molar-refractivity contribution in [2.24, 2.45) is 5.73 Å². The Balaban J connectivity index is 2.38. The molecule has 0 saturated carbocycles. The molecule has 2 aromatic carbocycles. The van der Waals surface area contributed by atoms with Gasteiger partial charge < -0.3 is 10.5 Å². The number of ether oxygens (including phenoxy) is 1. The van der Waals surface area contributed by atoms with Crippen molar-refractivity contribution in [2.75, 3.05) is 0 Å². The maximum Gasteiger partial charge on any atom is 0.311 e. The van der Waals surface area contributed by atoms with E-state index >= 15 is 0 Å². The van der Waals surface area contributed by atoms with Gasteiger partial charge in [-0.15, -0.1) is 12.6 Å². The van der Waals surface area contributed by atoms with Crippen molar-refractivity contribution in [2.45, 2.75) is 4.90 Å². The van der Waals surface area contributed by atoms with Crippen LogP contribution >= 0.6 is 12.6 Å². The van der Waals surface area contributed by atoms with E-state index in [4.69, 9.17) is 15.9 Å². The fourth-order valence-electron chi connectivity index (χ4n) is 1.62. The summed E-state index contributed by atoms with van der Waals surface area (Å²) in [5, 5.41) is 18.3. The van der Waals surface area contributed by atoms with Crippen LogP contribution in [-0.2, 0) is 0 Å². The fraction of sp³-hybridized carbons (Fsp3) is 0. The highest BCUT2D eigenvalue weighted by atomic mass is 32.1. The SMILES string of the molecule is N=C(N)c1cc(Oc2ccccc2[N+](=O)[O-])ccc1S. The first-order valence-electron chi connectivity index (χ1n) is 5.57. The van der Waals surface area contributed by atoms with Gasteiger partial charge in [0.15, 0.2) is 0 Å². The molecule has 0 aliphatic rings. The van der Waals surface area contributed by atoms with Gasteiger partial charge in [0.2, 0.25) is 5.75 Å². The van der Waals surface area contributed by atoms with E-state index in [1.165, 1.54) is 18.2 Å². The van der Waals surface area contributed by atoms with E-state index in [-0.39, 0.29) is 17.3 Å². The van der Waals surface area contributed by atoms with E-state index in [0.29, 0.717) is 16.2 Å². The first-order chi connectivity index (χ1) is 9.49. The molecule has 0 radical (unpaired) electrons. The maximum atomic E-state index is 10.9. The van der Waals surface area contributed by atoms with Crippen LogP contribution in [0.1, 0.15) is 5.56 Å². The molecule has 0 aromatic heterocycles. The number of hydrogen-bond acceptors (Lipinski definition) is 5. The van der Waals surface area contributed by atoms with Crippen molar-refractivity contribution in [3.63, 3.8) is 0 Å². The highest BCUT2D eigenvalue weighted by Crippen LogP contribution is 2.32. The lowest BCUT2D eigenvalue weighted by Crippen LogP contribution is -2.11. The molecule has 20 heavy (non-hydrogen) atoms. The number of nitrogens with two attached hydrogens (primary N) is 1. The number of rotatable bonds is 4. The number of benzene rings is 2. The largest absolute Gasteiger partial charge is 0.450 e. The van der Waals surface area contributed by atoms with Crippen LogP contribution in [0.5, 0.6) is 11.5 Å². The maximum absolute atomic E-state index is 10.9. The van der Waals surface area contributed by atoms with E-state index in [2.05, 4.69) is 12.6 Å². The smallest absolute Gasteiger partial charge is 0.311 e. The molecule has 3 N–H and O–H groups in total. The number of nitrogen functional groups attached to an aromatic ring is 1. The standard InChI is InChI=1S/C13H11N3O3S/c14-13(15)9-7-8(5-6-12(9)20)19-11-4-2-1-3-10(11)16(17)18/h1-7,20H,(H3,14,15). The highest BCUT2D eigenvalue weighted by Gasteiger charge is 2.15. The number of nitrogens with one attached hydrogen (secondary N) is 1. The van der Waals surface area contributed by atoms with Gasteiger partial charge in [-0.2, -0.15) is 0 Å². The van der Waals surface area contributed by atoms with Gasteiger partial charge in [-0.25, -0.2) is 0 Å². The van der Waals surface area contributed by atoms with Crippen molar-refractivity contribution >= 4 is 24.2 Å². The number of nitro benzene ring substituents is 1. The molecule has 0 bridgehead atoms. The van der Waals surface area contributed by atoms with Crippen molar-refractivity contribution in [1.29, 1.82) is 5.41 Å². The number of thiol groups is 1. The van der Waals surface area contributed by atoms with Crippen LogP contribution in [0, 0.1) is 15.5 Å².